The molecule has 0 saturated carbocycles. The van der Waals surface area contributed by atoms with Gasteiger partial charge >= 0.3 is 0 Å². The van der Waals surface area contributed by atoms with Gasteiger partial charge in [0.1, 0.15) is 0 Å². The summed E-state index contributed by atoms with van der Waals surface area (Å²) < 4.78 is 0. The SMILES string of the molecule is Cc1ccc2c(c1)C1(c3ccccc3-c3ccc(N4c5ccccc5C5(c6ccccc6N(c6ccccc6)c6ccccc65)c5cc6ccccc6cc54)cc31)c1cc(C)ccc1-2. The normalized spacial score (nSPS) is 14.9. The molecule has 300 valence electrons. The van der Waals surface area contributed by atoms with Crippen LogP contribution in [0.3, 0.4) is 0 Å². The molecule has 64 heavy (non-hydrogen) atoms. The summed E-state index contributed by atoms with van der Waals surface area (Å²) in [5.41, 5.74) is 24.3. The second-order valence-electron chi connectivity index (χ2n) is 18.1. The molecule has 0 aromatic heterocycles. The molecule has 2 nitrogen and oxygen atoms in total. The topological polar surface area (TPSA) is 6.48 Å². The fraction of sp³-hybridized carbons (Fsp3) is 0.0645. The van der Waals surface area contributed by atoms with Crippen molar-refractivity contribution in [2.75, 3.05) is 9.80 Å². The Hall–Kier alpha value is -7.94. The third-order valence-corrected chi connectivity index (χ3v) is 14.9. The number of anilines is 6. The molecule has 2 aliphatic carbocycles. The maximum atomic E-state index is 2.58. The van der Waals surface area contributed by atoms with Crippen molar-refractivity contribution >= 4 is 44.9 Å². The molecule has 0 fully saturated rings. The Labute approximate surface area is 374 Å². The molecule has 0 bridgehead atoms. The van der Waals surface area contributed by atoms with E-state index in [1.54, 1.807) is 0 Å². The zero-order valence-electron chi connectivity index (χ0n) is 35.7. The minimum atomic E-state index is -0.627. The Morgan fingerprint density at radius 1 is 0.266 bits per heavy atom. The summed E-state index contributed by atoms with van der Waals surface area (Å²) in [6.07, 6.45) is 0. The van der Waals surface area contributed by atoms with Crippen LogP contribution in [-0.4, -0.2) is 0 Å². The van der Waals surface area contributed by atoms with E-state index in [4.69, 9.17) is 0 Å². The Morgan fingerprint density at radius 3 is 1.28 bits per heavy atom. The van der Waals surface area contributed by atoms with Crippen LogP contribution < -0.4 is 9.80 Å². The number of hydrogen-bond donors (Lipinski definition) is 0. The van der Waals surface area contributed by atoms with E-state index in [1.165, 1.54) is 111 Å². The number of aryl methyl sites for hydroxylation is 2. The summed E-state index contributed by atoms with van der Waals surface area (Å²) in [7, 11) is 0. The van der Waals surface area contributed by atoms with Crippen LogP contribution >= 0.6 is 0 Å². The predicted molar refractivity (Wildman–Crippen MR) is 265 cm³/mol. The first-order valence-corrected chi connectivity index (χ1v) is 22.5. The van der Waals surface area contributed by atoms with Crippen molar-refractivity contribution in [3.05, 3.63) is 274 Å². The second-order valence-corrected chi connectivity index (χ2v) is 18.1. The maximum Gasteiger partial charge on any atom is 0.0783 e. The van der Waals surface area contributed by atoms with Gasteiger partial charge in [-0.2, -0.15) is 0 Å². The minimum Gasteiger partial charge on any atom is -0.310 e. The molecular weight excluding hydrogens is 773 g/mol. The highest BCUT2D eigenvalue weighted by Gasteiger charge is 2.54. The second kappa shape index (κ2) is 12.8. The lowest BCUT2D eigenvalue weighted by molar-refractivity contribution is 0.720. The number of nitrogens with zero attached hydrogens (tertiary/aromatic N) is 2. The molecule has 0 atom stereocenters. The molecule has 2 heteroatoms. The summed E-state index contributed by atoms with van der Waals surface area (Å²) >= 11 is 0. The van der Waals surface area contributed by atoms with E-state index in [0.29, 0.717) is 0 Å². The number of benzene rings is 10. The van der Waals surface area contributed by atoms with Crippen molar-refractivity contribution in [1.82, 2.24) is 0 Å². The van der Waals surface area contributed by atoms with Gasteiger partial charge < -0.3 is 9.80 Å². The molecule has 2 spiro atoms. The molecule has 0 radical (unpaired) electrons. The highest BCUT2D eigenvalue weighted by Crippen LogP contribution is 2.67. The lowest BCUT2D eigenvalue weighted by atomic mass is 9.60. The highest BCUT2D eigenvalue weighted by molar-refractivity contribution is 6.02. The predicted octanol–water partition coefficient (Wildman–Crippen LogP) is 15.7. The Morgan fingerprint density at radius 2 is 0.688 bits per heavy atom. The highest BCUT2D eigenvalue weighted by atomic mass is 15.2. The summed E-state index contributed by atoms with van der Waals surface area (Å²) in [5.74, 6) is 0. The molecule has 2 heterocycles. The van der Waals surface area contributed by atoms with Crippen LogP contribution in [0.25, 0.3) is 33.0 Å². The van der Waals surface area contributed by atoms with Crippen LogP contribution in [0, 0.1) is 13.8 Å². The largest absolute Gasteiger partial charge is 0.310 e. The van der Waals surface area contributed by atoms with Gasteiger partial charge in [0.15, 0.2) is 0 Å². The van der Waals surface area contributed by atoms with Gasteiger partial charge in [0, 0.05) is 11.4 Å². The molecule has 0 amide bonds. The van der Waals surface area contributed by atoms with Crippen molar-refractivity contribution in [2.24, 2.45) is 0 Å². The third kappa shape index (κ3) is 4.40. The molecule has 4 aliphatic rings. The summed E-state index contributed by atoms with van der Waals surface area (Å²) in [4.78, 5) is 5.04. The lowest BCUT2D eigenvalue weighted by Crippen LogP contribution is -2.42. The number of rotatable bonds is 2. The van der Waals surface area contributed by atoms with Crippen molar-refractivity contribution in [3.63, 3.8) is 0 Å². The van der Waals surface area contributed by atoms with E-state index in [-0.39, 0.29) is 0 Å². The zero-order valence-corrected chi connectivity index (χ0v) is 35.7. The number of fused-ring (bicyclic) bond motifs is 19. The quantitative estimate of drug-likeness (QED) is 0.172. The maximum absolute atomic E-state index is 2.58. The van der Waals surface area contributed by atoms with Gasteiger partial charge in [-0.3, -0.25) is 0 Å². The molecule has 10 aromatic carbocycles. The van der Waals surface area contributed by atoms with Crippen molar-refractivity contribution < 1.29 is 0 Å². The van der Waals surface area contributed by atoms with Gasteiger partial charge in [-0.15, -0.1) is 0 Å². The molecule has 10 aromatic rings. The van der Waals surface area contributed by atoms with Crippen LogP contribution in [0.2, 0.25) is 0 Å². The first kappa shape index (κ1) is 35.6. The van der Waals surface area contributed by atoms with Crippen molar-refractivity contribution in [3.8, 4) is 22.3 Å². The fourth-order valence-electron chi connectivity index (χ4n) is 12.5. The molecular formula is C62H42N2. The number of para-hydroxylation sites is 4. The Balaban J connectivity index is 1.09. The van der Waals surface area contributed by atoms with Gasteiger partial charge in [-0.25, -0.2) is 0 Å². The van der Waals surface area contributed by atoms with Crippen LogP contribution in [0.15, 0.2) is 218 Å². The standard InChI is InChI=1S/C62H42N2/c1-39-28-31-46-47-32-29-40(2)35-54(47)61(53(46)34-39)49-21-9-8-20-45(49)48-33-30-44(38-55(48)61)64-59-27-15-12-24-52(59)62(56-36-41-16-6-7-17-42(41)37-60(56)64)50-22-10-13-25-57(50)63(43-18-4-3-5-19-43)58-26-14-11-23-51(58)62/h3-38H,1-2H3. The van der Waals surface area contributed by atoms with E-state index in [0.717, 1.165) is 11.4 Å². The number of hydrogen-bond acceptors (Lipinski definition) is 2. The van der Waals surface area contributed by atoms with Gasteiger partial charge in [-0.05, 0) is 146 Å². The van der Waals surface area contributed by atoms with E-state index in [2.05, 4.69) is 242 Å². The first-order chi connectivity index (χ1) is 31.6. The summed E-state index contributed by atoms with van der Waals surface area (Å²) in [6.45, 7) is 4.48. The molecule has 14 rings (SSSR count). The fourth-order valence-corrected chi connectivity index (χ4v) is 12.5. The first-order valence-electron chi connectivity index (χ1n) is 22.5. The monoisotopic (exact) mass is 814 g/mol. The summed E-state index contributed by atoms with van der Waals surface area (Å²) in [5, 5.41) is 2.45. The van der Waals surface area contributed by atoms with Crippen molar-refractivity contribution in [1.29, 1.82) is 0 Å². The van der Waals surface area contributed by atoms with Gasteiger partial charge in [-0.1, -0.05) is 175 Å². The van der Waals surface area contributed by atoms with Gasteiger partial charge in [0.2, 0.25) is 0 Å². The average Bonchev–Trinajstić information content (AvgIpc) is 3.79. The van der Waals surface area contributed by atoms with Crippen LogP contribution in [0.5, 0.6) is 0 Å². The lowest BCUT2D eigenvalue weighted by Gasteiger charge is -2.51. The van der Waals surface area contributed by atoms with Gasteiger partial charge in [0.05, 0.1) is 33.6 Å². The third-order valence-electron chi connectivity index (χ3n) is 14.9. The van der Waals surface area contributed by atoms with E-state index >= 15 is 0 Å². The molecule has 2 aliphatic heterocycles. The minimum absolute atomic E-state index is 0.463. The Kier molecular flexibility index (Phi) is 7.13. The zero-order chi connectivity index (χ0) is 42.3. The van der Waals surface area contributed by atoms with E-state index < -0.39 is 10.8 Å². The molecule has 0 saturated heterocycles. The Bertz CT molecular complexity index is 3520. The smallest absolute Gasteiger partial charge is 0.0783 e. The van der Waals surface area contributed by atoms with E-state index in [1.807, 2.05) is 0 Å². The van der Waals surface area contributed by atoms with E-state index in [9.17, 15) is 0 Å². The van der Waals surface area contributed by atoms with Crippen LogP contribution in [0.4, 0.5) is 34.1 Å². The summed E-state index contributed by atoms with van der Waals surface area (Å²) in [6, 6.07) is 82.8. The average molecular weight is 815 g/mol. The van der Waals surface area contributed by atoms with Crippen molar-refractivity contribution in [2.45, 2.75) is 24.7 Å². The molecule has 0 N–H and O–H groups in total. The van der Waals surface area contributed by atoms with Gasteiger partial charge in [0.25, 0.3) is 0 Å². The van der Waals surface area contributed by atoms with Crippen LogP contribution in [-0.2, 0) is 10.8 Å². The van der Waals surface area contributed by atoms with Crippen LogP contribution in [0.1, 0.15) is 55.6 Å². The molecule has 0 unspecified atom stereocenters.